The number of hydrogen-bond donors (Lipinski definition) is 3. The summed E-state index contributed by atoms with van der Waals surface area (Å²) in [6.07, 6.45) is -0.732. The molecule has 0 saturated carbocycles. The molecule has 2 amide bonds. The number of nitrogens with one attached hydrogen (secondary N) is 2. The summed E-state index contributed by atoms with van der Waals surface area (Å²) in [4.78, 5) is 10.6. The number of rotatable bonds is 1. The van der Waals surface area contributed by atoms with Crippen LogP contribution in [0.25, 0.3) is 0 Å². The third kappa shape index (κ3) is 1.11. The van der Waals surface area contributed by atoms with Crippen molar-refractivity contribution in [3.8, 4) is 0 Å². The Morgan fingerprint density at radius 3 is 2.89 bits per heavy atom. The zero-order valence-electron chi connectivity index (χ0n) is 5.09. The third-order valence-electron chi connectivity index (χ3n) is 1.16. The average molecular weight is 131 g/mol. The lowest BCUT2D eigenvalue weighted by Gasteiger charge is -2.09. The van der Waals surface area contributed by atoms with Crippen LogP contribution in [0, 0.1) is 0 Å². The van der Waals surface area contributed by atoms with Crippen molar-refractivity contribution in [2.75, 3.05) is 13.6 Å². The number of hydrogen-bond acceptors (Lipinski definition) is 3. The van der Waals surface area contributed by atoms with Gasteiger partial charge in [-0.15, -0.1) is 0 Å². The molecule has 1 fully saturated rings. The normalized spacial score (nSPS) is 26.7. The van der Waals surface area contributed by atoms with Gasteiger partial charge < -0.3 is 10.4 Å². The molecule has 1 unspecified atom stereocenters. The quantitative estimate of drug-likeness (QED) is 0.404. The van der Waals surface area contributed by atoms with Crippen molar-refractivity contribution in [2.24, 2.45) is 0 Å². The van der Waals surface area contributed by atoms with Gasteiger partial charge in [0, 0.05) is 7.05 Å². The van der Waals surface area contributed by atoms with Crippen molar-refractivity contribution in [2.45, 2.75) is 6.23 Å². The molecule has 52 valence electrons. The molecule has 5 nitrogen and oxygen atoms in total. The third-order valence-corrected chi connectivity index (χ3v) is 1.16. The molecular formula is C4H9N3O2. The lowest BCUT2D eigenvalue weighted by atomic mass is 10.6. The molecule has 0 spiro atoms. The molecule has 5 heteroatoms. The molecule has 1 heterocycles. The van der Waals surface area contributed by atoms with Crippen molar-refractivity contribution in [1.82, 2.24) is 15.8 Å². The topological polar surface area (TPSA) is 64.6 Å². The monoisotopic (exact) mass is 131 g/mol. The summed E-state index contributed by atoms with van der Waals surface area (Å²) >= 11 is 0. The van der Waals surface area contributed by atoms with Crippen LogP contribution in [0.3, 0.4) is 0 Å². The summed E-state index contributed by atoms with van der Waals surface area (Å²) in [6, 6.07) is -0.287. The molecule has 0 aliphatic carbocycles. The Labute approximate surface area is 52.6 Å². The number of carbonyl (C=O) groups excluding carboxylic acids is 1. The number of aliphatic hydroxyl groups excluding tert-OH is 1. The molecule has 1 atom stereocenters. The second kappa shape index (κ2) is 2.20. The van der Waals surface area contributed by atoms with Crippen LogP contribution in [-0.2, 0) is 0 Å². The molecular weight excluding hydrogens is 122 g/mol. The van der Waals surface area contributed by atoms with E-state index in [4.69, 9.17) is 5.11 Å². The van der Waals surface area contributed by atoms with Gasteiger partial charge in [0.25, 0.3) is 0 Å². The van der Waals surface area contributed by atoms with Gasteiger partial charge in [-0.25, -0.2) is 10.2 Å². The maximum absolute atomic E-state index is 10.6. The predicted molar refractivity (Wildman–Crippen MR) is 30.3 cm³/mol. The Bertz CT molecular complexity index is 127. The average Bonchev–Trinajstić information content (AvgIpc) is 2.10. The predicted octanol–water partition coefficient (Wildman–Crippen LogP) is -1.54. The van der Waals surface area contributed by atoms with Crippen LogP contribution in [-0.4, -0.2) is 36.0 Å². The van der Waals surface area contributed by atoms with Crippen LogP contribution < -0.4 is 10.7 Å². The Balaban J connectivity index is 2.48. The van der Waals surface area contributed by atoms with Gasteiger partial charge in [0.2, 0.25) is 0 Å². The van der Waals surface area contributed by atoms with Crippen LogP contribution in [0.5, 0.6) is 0 Å². The van der Waals surface area contributed by atoms with E-state index < -0.39 is 6.23 Å². The molecule has 1 saturated heterocycles. The number of aliphatic hydroxyl groups is 1. The first-order valence-electron chi connectivity index (χ1n) is 2.67. The number of nitrogens with zero attached hydrogens (tertiary/aromatic N) is 1. The van der Waals surface area contributed by atoms with E-state index in [1.165, 1.54) is 5.01 Å². The second-order valence-electron chi connectivity index (χ2n) is 1.80. The lowest BCUT2D eigenvalue weighted by Crippen LogP contribution is -2.37. The number of urea groups is 1. The molecule has 1 rings (SSSR count). The van der Waals surface area contributed by atoms with Gasteiger partial charge in [0.05, 0.1) is 6.54 Å². The highest BCUT2D eigenvalue weighted by atomic mass is 16.3. The molecule has 0 bridgehead atoms. The highest BCUT2D eigenvalue weighted by Gasteiger charge is 2.25. The number of β-amino-alcohol motifs (C(OH)–C–C–N with tert-alkyl or cyclic N) is 1. The summed E-state index contributed by atoms with van der Waals surface area (Å²) in [5, 5.41) is 12.4. The fraction of sp³-hybridized carbons (Fsp3) is 0.750. The van der Waals surface area contributed by atoms with E-state index in [9.17, 15) is 4.79 Å². The molecule has 0 aromatic heterocycles. The number of hydrazine groups is 1. The van der Waals surface area contributed by atoms with E-state index >= 15 is 0 Å². The first-order valence-corrected chi connectivity index (χ1v) is 2.67. The minimum absolute atomic E-state index is 0.287. The van der Waals surface area contributed by atoms with E-state index in [-0.39, 0.29) is 6.03 Å². The van der Waals surface area contributed by atoms with Gasteiger partial charge in [0.15, 0.2) is 0 Å². The van der Waals surface area contributed by atoms with Crippen LogP contribution in [0.15, 0.2) is 0 Å². The van der Waals surface area contributed by atoms with E-state index in [0.717, 1.165) is 0 Å². The summed E-state index contributed by atoms with van der Waals surface area (Å²) in [7, 11) is 1.62. The van der Waals surface area contributed by atoms with Gasteiger partial charge in [-0.05, 0) is 0 Å². The van der Waals surface area contributed by atoms with E-state index in [2.05, 4.69) is 10.7 Å². The van der Waals surface area contributed by atoms with Gasteiger partial charge in [-0.1, -0.05) is 0 Å². The molecule has 0 aromatic rings. The first kappa shape index (κ1) is 6.31. The number of carbonyl (C=O) groups is 1. The van der Waals surface area contributed by atoms with Crippen LogP contribution in [0.2, 0.25) is 0 Å². The van der Waals surface area contributed by atoms with Crippen LogP contribution in [0.4, 0.5) is 4.79 Å². The zero-order chi connectivity index (χ0) is 6.85. The van der Waals surface area contributed by atoms with Crippen LogP contribution >= 0.6 is 0 Å². The van der Waals surface area contributed by atoms with Gasteiger partial charge in [-0.2, -0.15) is 0 Å². The Morgan fingerprint density at radius 2 is 2.67 bits per heavy atom. The molecule has 9 heavy (non-hydrogen) atoms. The molecule has 0 aromatic carbocycles. The highest BCUT2D eigenvalue weighted by Crippen LogP contribution is 1.95. The molecule has 0 radical (unpaired) electrons. The fourth-order valence-corrected chi connectivity index (χ4v) is 0.715. The largest absolute Gasteiger partial charge is 0.372 e. The minimum atomic E-state index is -0.732. The van der Waals surface area contributed by atoms with Crippen molar-refractivity contribution < 1.29 is 9.90 Å². The molecule has 1 aliphatic rings. The SMILES string of the molecule is CNN1CC(O)NC1=O. The molecule has 3 N–H and O–H groups in total. The number of amides is 2. The highest BCUT2D eigenvalue weighted by molar-refractivity contribution is 5.75. The fourth-order valence-electron chi connectivity index (χ4n) is 0.715. The van der Waals surface area contributed by atoms with E-state index in [0.29, 0.717) is 6.54 Å². The van der Waals surface area contributed by atoms with Crippen molar-refractivity contribution in [3.63, 3.8) is 0 Å². The van der Waals surface area contributed by atoms with Crippen LogP contribution in [0.1, 0.15) is 0 Å². The van der Waals surface area contributed by atoms with Gasteiger partial charge in [-0.3, -0.25) is 5.01 Å². The van der Waals surface area contributed by atoms with Gasteiger partial charge >= 0.3 is 6.03 Å². The Hall–Kier alpha value is -0.810. The standard InChI is InChI=1S/C4H9N3O2/c1-5-7-2-3(8)6-4(7)9/h3,5,8H,2H2,1H3,(H,6,9). The zero-order valence-corrected chi connectivity index (χ0v) is 5.09. The first-order chi connectivity index (χ1) is 4.24. The Kier molecular flexibility index (Phi) is 1.54. The Morgan fingerprint density at radius 1 is 2.00 bits per heavy atom. The van der Waals surface area contributed by atoms with Crippen molar-refractivity contribution in [3.05, 3.63) is 0 Å². The van der Waals surface area contributed by atoms with Crippen molar-refractivity contribution in [1.29, 1.82) is 0 Å². The molecule has 1 aliphatic heterocycles. The summed E-state index contributed by atoms with van der Waals surface area (Å²) in [5.74, 6) is 0. The van der Waals surface area contributed by atoms with E-state index in [1.54, 1.807) is 7.05 Å². The second-order valence-corrected chi connectivity index (χ2v) is 1.80. The maximum Gasteiger partial charge on any atom is 0.333 e. The lowest BCUT2D eigenvalue weighted by molar-refractivity contribution is 0.151. The van der Waals surface area contributed by atoms with E-state index in [1.807, 2.05) is 0 Å². The smallest absolute Gasteiger partial charge is 0.333 e. The van der Waals surface area contributed by atoms with Crippen molar-refractivity contribution >= 4 is 6.03 Å². The van der Waals surface area contributed by atoms with Gasteiger partial charge in [0.1, 0.15) is 6.23 Å². The summed E-state index contributed by atoms with van der Waals surface area (Å²) in [5.41, 5.74) is 2.61. The summed E-state index contributed by atoms with van der Waals surface area (Å²) in [6.45, 7) is 0.301. The summed E-state index contributed by atoms with van der Waals surface area (Å²) < 4.78 is 0. The maximum atomic E-state index is 10.6. The minimum Gasteiger partial charge on any atom is -0.372 e.